The molecule has 1 saturated heterocycles. The van der Waals surface area contributed by atoms with Crippen molar-refractivity contribution in [2.24, 2.45) is 10.9 Å². The smallest absolute Gasteiger partial charge is 0.191 e. The molecule has 0 amide bonds. The highest BCUT2D eigenvalue weighted by Crippen LogP contribution is 2.25. The number of hydrogen-bond acceptors (Lipinski definition) is 6. The first-order valence-electron chi connectivity index (χ1n) is 10.9. The van der Waals surface area contributed by atoms with Gasteiger partial charge in [0.2, 0.25) is 0 Å². The summed E-state index contributed by atoms with van der Waals surface area (Å²) in [4.78, 5) is 8.68. The number of guanidine groups is 1. The Hall–Kier alpha value is -1.97. The zero-order chi connectivity index (χ0) is 21.2. The monoisotopic (exact) mass is 433 g/mol. The highest BCUT2D eigenvalue weighted by atomic mass is 32.1. The summed E-state index contributed by atoms with van der Waals surface area (Å²) in [6.45, 7) is 13.2. The Bertz CT molecular complexity index is 753. The molecule has 1 unspecified atom stereocenters. The lowest BCUT2D eigenvalue weighted by Crippen LogP contribution is -2.46. The van der Waals surface area contributed by atoms with Crippen molar-refractivity contribution in [3.05, 3.63) is 34.5 Å². The maximum Gasteiger partial charge on any atom is 0.191 e. The number of aryl methyl sites for hydroxylation is 1. The quantitative estimate of drug-likeness (QED) is 0.442. The summed E-state index contributed by atoms with van der Waals surface area (Å²) in [5, 5.41) is 17.4. The van der Waals surface area contributed by atoms with Crippen LogP contribution >= 0.6 is 11.3 Å². The number of aliphatic imine (C=N–C) groups is 1. The lowest BCUT2D eigenvalue weighted by atomic mass is 10.2. The zero-order valence-corrected chi connectivity index (χ0v) is 19.2. The fourth-order valence-corrected chi connectivity index (χ4v) is 4.32. The Morgan fingerprint density at radius 1 is 1.30 bits per heavy atom. The third-order valence-corrected chi connectivity index (χ3v) is 6.07. The number of morpholine rings is 1. The maximum atomic E-state index is 5.56. The van der Waals surface area contributed by atoms with Crippen LogP contribution in [0.1, 0.15) is 37.5 Å². The minimum absolute atomic E-state index is 0.324. The van der Waals surface area contributed by atoms with Crippen LogP contribution in [0.3, 0.4) is 0 Å². The molecule has 8 nitrogen and oxygen atoms in total. The molecule has 3 rings (SSSR count). The predicted molar refractivity (Wildman–Crippen MR) is 122 cm³/mol. The molecular weight excluding hydrogens is 398 g/mol. The van der Waals surface area contributed by atoms with E-state index < -0.39 is 0 Å². The van der Waals surface area contributed by atoms with Gasteiger partial charge in [-0.2, -0.15) is 0 Å². The first kappa shape index (κ1) is 22.7. The molecule has 9 heteroatoms. The Morgan fingerprint density at radius 3 is 2.83 bits per heavy atom. The molecule has 0 aliphatic carbocycles. The van der Waals surface area contributed by atoms with Gasteiger partial charge in [0.25, 0.3) is 0 Å². The van der Waals surface area contributed by atoms with E-state index >= 15 is 0 Å². The Balaban J connectivity index is 1.60. The molecule has 1 atom stereocenters. The van der Waals surface area contributed by atoms with E-state index in [2.05, 4.69) is 68.6 Å². The summed E-state index contributed by atoms with van der Waals surface area (Å²) in [6.07, 6.45) is 2.68. The van der Waals surface area contributed by atoms with Crippen molar-refractivity contribution in [3.8, 4) is 0 Å². The summed E-state index contributed by atoms with van der Waals surface area (Å²) < 4.78 is 7.65. The number of ether oxygens (including phenoxy) is 1. The molecule has 1 fully saturated rings. The van der Waals surface area contributed by atoms with Crippen LogP contribution in [0.15, 0.2) is 28.8 Å². The number of rotatable bonds is 10. The molecule has 30 heavy (non-hydrogen) atoms. The van der Waals surface area contributed by atoms with Crippen LogP contribution in [0.5, 0.6) is 0 Å². The van der Waals surface area contributed by atoms with E-state index in [0.29, 0.717) is 12.0 Å². The number of hydrogen-bond donors (Lipinski definition) is 2. The van der Waals surface area contributed by atoms with Crippen LogP contribution in [-0.2, 0) is 17.7 Å². The number of thiophene rings is 1. The molecule has 1 aliphatic heterocycles. The molecule has 0 spiro atoms. The lowest BCUT2D eigenvalue weighted by molar-refractivity contribution is 0.0177. The normalized spacial score (nSPS) is 16.7. The minimum atomic E-state index is 0.324. The van der Waals surface area contributed by atoms with Crippen LogP contribution in [-0.4, -0.2) is 71.6 Å². The Morgan fingerprint density at radius 2 is 2.13 bits per heavy atom. The van der Waals surface area contributed by atoms with Gasteiger partial charge in [-0.25, -0.2) is 0 Å². The molecule has 166 valence electrons. The predicted octanol–water partition coefficient (Wildman–Crippen LogP) is 2.17. The second-order valence-electron chi connectivity index (χ2n) is 7.86. The molecule has 1 aliphatic rings. The molecule has 0 aromatic carbocycles. The molecule has 0 bridgehead atoms. The second kappa shape index (κ2) is 12.0. The van der Waals surface area contributed by atoms with Crippen LogP contribution < -0.4 is 10.6 Å². The van der Waals surface area contributed by atoms with Crippen molar-refractivity contribution in [1.29, 1.82) is 0 Å². The highest BCUT2D eigenvalue weighted by Gasteiger charge is 2.23. The van der Waals surface area contributed by atoms with Crippen LogP contribution in [0.4, 0.5) is 0 Å². The molecule has 2 aromatic rings. The summed E-state index contributed by atoms with van der Waals surface area (Å²) in [5.74, 6) is 2.39. The summed E-state index contributed by atoms with van der Waals surface area (Å²) in [7, 11) is 0. The number of aromatic nitrogens is 3. The van der Waals surface area contributed by atoms with Crippen molar-refractivity contribution < 1.29 is 4.74 Å². The van der Waals surface area contributed by atoms with E-state index in [9.17, 15) is 0 Å². The first-order chi connectivity index (χ1) is 14.7. The largest absolute Gasteiger partial charge is 0.379 e. The topological polar surface area (TPSA) is 79.6 Å². The van der Waals surface area contributed by atoms with E-state index in [0.717, 1.165) is 70.7 Å². The maximum absolute atomic E-state index is 5.56. The van der Waals surface area contributed by atoms with Gasteiger partial charge >= 0.3 is 0 Å². The Labute approximate surface area is 183 Å². The van der Waals surface area contributed by atoms with Crippen molar-refractivity contribution in [1.82, 2.24) is 30.3 Å². The number of nitrogens with zero attached hydrogens (tertiary/aromatic N) is 5. The fraction of sp³-hybridized carbons (Fsp3) is 0.667. The molecule has 2 N–H and O–H groups in total. The third-order valence-electron chi connectivity index (χ3n) is 5.09. The standard InChI is InChI=1S/C21H35N7OS/c1-4-20-26-25-16-28(20)8-7-22-21(23-14-17(2)3)24-15-18(19-6-5-13-30-19)27-9-11-29-12-10-27/h5-6,13,16-18H,4,7-12,14-15H2,1-3H3,(H2,22,23,24). The van der Waals surface area contributed by atoms with Crippen molar-refractivity contribution in [2.75, 3.05) is 45.9 Å². The number of nitrogens with one attached hydrogen (secondary N) is 2. The molecule has 3 heterocycles. The van der Waals surface area contributed by atoms with Gasteiger partial charge in [-0.15, -0.1) is 21.5 Å². The molecule has 2 aromatic heterocycles. The van der Waals surface area contributed by atoms with Gasteiger partial charge in [-0.3, -0.25) is 9.89 Å². The minimum Gasteiger partial charge on any atom is -0.379 e. The lowest BCUT2D eigenvalue weighted by Gasteiger charge is -2.34. The third kappa shape index (κ3) is 6.78. The SMILES string of the molecule is CCc1nncn1CCNC(=NCC(C)C)NCC(c1cccs1)N1CCOCC1. The van der Waals surface area contributed by atoms with Crippen molar-refractivity contribution in [3.63, 3.8) is 0 Å². The fourth-order valence-electron chi connectivity index (χ4n) is 3.46. The van der Waals surface area contributed by atoms with Gasteiger partial charge in [0.05, 0.1) is 19.3 Å². The molecule has 0 radical (unpaired) electrons. The van der Waals surface area contributed by atoms with E-state index in [-0.39, 0.29) is 0 Å². The molecule has 0 saturated carbocycles. The van der Waals surface area contributed by atoms with Gasteiger partial charge in [0.15, 0.2) is 5.96 Å². The summed E-state index contributed by atoms with van der Waals surface area (Å²) >= 11 is 1.81. The zero-order valence-electron chi connectivity index (χ0n) is 18.4. The van der Waals surface area contributed by atoms with Gasteiger partial charge in [-0.1, -0.05) is 26.8 Å². The first-order valence-corrected chi connectivity index (χ1v) is 11.8. The van der Waals surface area contributed by atoms with E-state index in [1.54, 1.807) is 6.33 Å². The summed E-state index contributed by atoms with van der Waals surface area (Å²) in [5.41, 5.74) is 0. The van der Waals surface area contributed by atoms with Gasteiger partial charge < -0.3 is 19.9 Å². The van der Waals surface area contributed by atoms with E-state index in [1.807, 2.05) is 11.3 Å². The van der Waals surface area contributed by atoms with Crippen molar-refractivity contribution >= 4 is 17.3 Å². The van der Waals surface area contributed by atoms with E-state index in [4.69, 9.17) is 9.73 Å². The summed E-state index contributed by atoms with van der Waals surface area (Å²) in [6, 6.07) is 4.68. The molecular formula is C21H35N7OS. The average molecular weight is 434 g/mol. The highest BCUT2D eigenvalue weighted by molar-refractivity contribution is 7.10. The van der Waals surface area contributed by atoms with Gasteiger partial charge in [-0.05, 0) is 17.4 Å². The van der Waals surface area contributed by atoms with Crippen LogP contribution in [0.25, 0.3) is 0 Å². The van der Waals surface area contributed by atoms with Gasteiger partial charge in [0, 0.05) is 50.6 Å². The van der Waals surface area contributed by atoms with Gasteiger partial charge in [0.1, 0.15) is 12.2 Å². The Kier molecular flexibility index (Phi) is 9.10. The van der Waals surface area contributed by atoms with Crippen LogP contribution in [0, 0.1) is 5.92 Å². The van der Waals surface area contributed by atoms with Crippen LogP contribution in [0.2, 0.25) is 0 Å². The second-order valence-corrected chi connectivity index (χ2v) is 8.84. The van der Waals surface area contributed by atoms with Crippen molar-refractivity contribution in [2.45, 2.75) is 39.8 Å². The van der Waals surface area contributed by atoms with E-state index in [1.165, 1.54) is 4.88 Å². The average Bonchev–Trinajstić information content (AvgIpc) is 3.44.